The van der Waals surface area contributed by atoms with E-state index in [9.17, 15) is 5.11 Å². The van der Waals surface area contributed by atoms with Crippen LogP contribution in [-0.2, 0) is 0 Å². The smallest absolute Gasteiger partial charge is 0.149 e. The highest BCUT2D eigenvalue weighted by Crippen LogP contribution is 2.41. The third kappa shape index (κ3) is 3.79. The summed E-state index contributed by atoms with van der Waals surface area (Å²) in [6, 6.07) is 42.2. The molecule has 0 atom stereocenters. The molecule has 0 aliphatic rings. The van der Waals surface area contributed by atoms with Gasteiger partial charge in [0.05, 0.1) is 22.3 Å². The van der Waals surface area contributed by atoms with Crippen molar-refractivity contribution >= 4 is 33.0 Å². The van der Waals surface area contributed by atoms with Gasteiger partial charge in [-0.3, -0.25) is 9.55 Å². The van der Waals surface area contributed by atoms with Gasteiger partial charge in [-0.05, 0) is 60.2 Å². The molecule has 0 amide bonds. The summed E-state index contributed by atoms with van der Waals surface area (Å²) in [6.45, 7) is 0. The first-order valence-corrected chi connectivity index (χ1v) is 13.5. The molecule has 5 heteroatoms. The molecule has 3 heterocycles. The van der Waals surface area contributed by atoms with Crippen LogP contribution in [0.2, 0.25) is 0 Å². The Bertz CT molecular complexity index is 2210. The third-order valence-electron chi connectivity index (χ3n) is 7.57. The maximum Gasteiger partial charge on any atom is 0.149 e. The van der Waals surface area contributed by atoms with Gasteiger partial charge in [0.15, 0.2) is 0 Å². The Balaban J connectivity index is 1.39. The van der Waals surface area contributed by atoms with E-state index in [1.807, 2.05) is 72.9 Å². The predicted molar refractivity (Wildman–Crippen MR) is 164 cm³/mol. The minimum atomic E-state index is 0.148. The number of hydrogen-bond acceptors (Lipinski definition) is 4. The van der Waals surface area contributed by atoms with E-state index in [0.29, 0.717) is 17.0 Å². The highest BCUT2D eigenvalue weighted by atomic mass is 16.3. The van der Waals surface area contributed by atoms with Crippen LogP contribution in [0.15, 0.2) is 138 Å². The second-order valence-corrected chi connectivity index (χ2v) is 10.0. The van der Waals surface area contributed by atoms with Crippen LogP contribution in [0.3, 0.4) is 0 Å². The fourth-order valence-corrected chi connectivity index (χ4v) is 5.67. The van der Waals surface area contributed by atoms with Crippen LogP contribution in [-0.4, -0.2) is 19.6 Å². The summed E-state index contributed by atoms with van der Waals surface area (Å²) in [7, 11) is 0. The lowest BCUT2D eigenvalue weighted by atomic mass is 10.0. The van der Waals surface area contributed by atoms with Gasteiger partial charge in [-0.25, -0.2) is 4.98 Å². The zero-order valence-corrected chi connectivity index (χ0v) is 21.9. The van der Waals surface area contributed by atoms with Crippen molar-refractivity contribution in [3.63, 3.8) is 0 Å². The summed E-state index contributed by atoms with van der Waals surface area (Å²) in [5.74, 6) is 0.787. The molecule has 0 bridgehead atoms. The molecule has 194 valence electrons. The molecular formula is C36H23N3O2. The fourth-order valence-electron chi connectivity index (χ4n) is 5.67. The van der Waals surface area contributed by atoms with Gasteiger partial charge in [-0.2, -0.15) is 0 Å². The number of para-hydroxylation sites is 3. The van der Waals surface area contributed by atoms with Crippen molar-refractivity contribution in [3.05, 3.63) is 134 Å². The summed E-state index contributed by atoms with van der Waals surface area (Å²) in [4.78, 5) is 9.74. The molecule has 8 rings (SSSR count). The maximum atomic E-state index is 11.4. The van der Waals surface area contributed by atoms with Gasteiger partial charge in [-0.1, -0.05) is 72.8 Å². The number of phenolic OH excluding ortho intramolecular Hbond substituents is 1. The molecule has 5 aromatic carbocycles. The zero-order chi connectivity index (χ0) is 27.3. The largest absolute Gasteiger partial charge is 0.507 e. The Morgan fingerprint density at radius 1 is 0.610 bits per heavy atom. The van der Waals surface area contributed by atoms with Crippen LogP contribution < -0.4 is 0 Å². The van der Waals surface area contributed by atoms with Crippen molar-refractivity contribution in [1.82, 2.24) is 14.5 Å². The quantitative estimate of drug-likeness (QED) is 0.247. The number of fused-ring (bicyclic) bond motifs is 4. The van der Waals surface area contributed by atoms with Crippen molar-refractivity contribution in [2.24, 2.45) is 0 Å². The SMILES string of the molecule is Oc1cc2c(cc1-c1nc3c(-c4cccc(-c5ccccn5)c4)cccc3n1-c1ccccc1)oc1ccccc12. The number of rotatable bonds is 4. The summed E-state index contributed by atoms with van der Waals surface area (Å²) in [6.07, 6.45) is 1.81. The average Bonchev–Trinajstić information content (AvgIpc) is 3.60. The molecule has 0 spiro atoms. The Morgan fingerprint density at radius 3 is 2.29 bits per heavy atom. The van der Waals surface area contributed by atoms with Crippen LogP contribution in [0.1, 0.15) is 0 Å². The number of furan rings is 1. The van der Waals surface area contributed by atoms with E-state index >= 15 is 0 Å². The number of hydrogen-bond donors (Lipinski definition) is 1. The average molecular weight is 530 g/mol. The van der Waals surface area contributed by atoms with E-state index in [0.717, 1.165) is 55.5 Å². The third-order valence-corrected chi connectivity index (χ3v) is 7.57. The molecule has 0 aliphatic carbocycles. The minimum Gasteiger partial charge on any atom is -0.507 e. The first kappa shape index (κ1) is 23.2. The standard InChI is InChI=1S/C36H23N3O2/c40-32-21-28-27-14-4-5-18-33(27)41-34(28)22-29(32)36-38-35-26(15-9-17-31(35)39(36)25-12-2-1-3-13-25)23-10-8-11-24(20-23)30-16-6-7-19-37-30/h1-22,40H. The van der Waals surface area contributed by atoms with E-state index in [-0.39, 0.29) is 5.75 Å². The number of nitrogens with zero attached hydrogens (tertiary/aromatic N) is 3. The second-order valence-electron chi connectivity index (χ2n) is 10.0. The number of pyridine rings is 1. The topological polar surface area (TPSA) is 64.1 Å². The Hall–Kier alpha value is -5.68. The minimum absolute atomic E-state index is 0.148. The highest BCUT2D eigenvalue weighted by Gasteiger charge is 2.21. The lowest BCUT2D eigenvalue weighted by Gasteiger charge is -2.11. The number of aromatic nitrogens is 3. The van der Waals surface area contributed by atoms with Crippen molar-refractivity contribution in [2.45, 2.75) is 0 Å². The fraction of sp³-hybridized carbons (Fsp3) is 0. The first-order valence-electron chi connectivity index (χ1n) is 13.5. The van der Waals surface area contributed by atoms with Gasteiger partial charge in [0, 0.05) is 33.8 Å². The van der Waals surface area contributed by atoms with Gasteiger partial charge >= 0.3 is 0 Å². The van der Waals surface area contributed by atoms with Gasteiger partial charge in [-0.15, -0.1) is 0 Å². The molecule has 0 aliphatic heterocycles. The molecule has 8 aromatic rings. The molecule has 41 heavy (non-hydrogen) atoms. The molecule has 3 aromatic heterocycles. The van der Waals surface area contributed by atoms with E-state index in [1.54, 1.807) is 6.07 Å². The monoisotopic (exact) mass is 529 g/mol. The summed E-state index contributed by atoms with van der Waals surface area (Å²) < 4.78 is 8.29. The van der Waals surface area contributed by atoms with E-state index in [2.05, 4.69) is 64.1 Å². The summed E-state index contributed by atoms with van der Waals surface area (Å²) in [5, 5.41) is 13.2. The van der Waals surface area contributed by atoms with Crippen LogP contribution in [0.25, 0.3) is 72.4 Å². The van der Waals surface area contributed by atoms with Crippen molar-refractivity contribution < 1.29 is 9.52 Å². The zero-order valence-electron chi connectivity index (χ0n) is 21.9. The van der Waals surface area contributed by atoms with E-state index in [1.165, 1.54) is 0 Å². The lowest BCUT2D eigenvalue weighted by molar-refractivity contribution is 0.477. The van der Waals surface area contributed by atoms with Crippen molar-refractivity contribution in [1.29, 1.82) is 0 Å². The maximum absolute atomic E-state index is 11.4. The molecule has 0 radical (unpaired) electrons. The second kappa shape index (κ2) is 9.21. The lowest BCUT2D eigenvalue weighted by Crippen LogP contribution is -1.97. The molecular weight excluding hydrogens is 506 g/mol. The van der Waals surface area contributed by atoms with Gasteiger partial charge in [0.25, 0.3) is 0 Å². The normalized spacial score (nSPS) is 11.5. The Labute approximate surface area is 235 Å². The van der Waals surface area contributed by atoms with Gasteiger partial charge in [0.2, 0.25) is 0 Å². The van der Waals surface area contributed by atoms with Crippen LogP contribution in [0, 0.1) is 0 Å². The first-order chi connectivity index (χ1) is 20.2. The summed E-state index contributed by atoms with van der Waals surface area (Å²) >= 11 is 0. The van der Waals surface area contributed by atoms with Crippen LogP contribution in [0.4, 0.5) is 0 Å². The number of phenols is 1. The van der Waals surface area contributed by atoms with E-state index < -0.39 is 0 Å². The van der Waals surface area contributed by atoms with Crippen molar-refractivity contribution in [3.8, 4) is 45.2 Å². The number of aromatic hydroxyl groups is 1. The molecule has 0 saturated carbocycles. The Kier molecular flexibility index (Phi) is 5.22. The molecule has 1 N–H and O–H groups in total. The van der Waals surface area contributed by atoms with Crippen LogP contribution in [0.5, 0.6) is 5.75 Å². The number of benzene rings is 5. The van der Waals surface area contributed by atoms with Crippen LogP contribution >= 0.6 is 0 Å². The Morgan fingerprint density at radius 2 is 1.41 bits per heavy atom. The van der Waals surface area contributed by atoms with E-state index in [4.69, 9.17) is 9.40 Å². The van der Waals surface area contributed by atoms with Gasteiger partial charge in [0.1, 0.15) is 22.7 Å². The van der Waals surface area contributed by atoms with Crippen molar-refractivity contribution in [2.75, 3.05) is 0 Å². The predicted octanol–water partition coefficient (Wildman–Crippen LogP) is 9.03. The molecule has 0 saturated heterocycles. The molecule has 5 nitrogen and oxygen atoms in total. The number of imidazole rings is 1. The molecule has 0 unspecified atom stereocenters. The highest BCUT2D eigenvalue weighted by molar-refractivity contribution is 6.07. The molecule has 0 fully saturated rings. The van der Waals surface area contributed by atoms with Gasteiger partial charge < -0.3 is 9.52 Å². The summed E-state index contributed by atoms with van der Waals surface area (Å²) in [5.41, 5.74) is 8.82.